The van der Waals surface area contributed by atoms with Crippen LogP contribution in [0, 0.1) is 5.82 Å². The monoisotopic (exact) mass is 258 g/mol. The number of nitrogens with zero attached hydrogens (tertiary/aromatic N) is 1. The highest BCUT2D eigenvalue weighted by Gasteiger charge is 2.33. The molecule has 0 atom stereocenters. The maximum atomic E-state index is 13.0. The fourth-order valence-electron chi connectivity index (χ4n) is 1.68. The minimum Gasteiger partial charge on any atom is -0.385 e. The van der Waals surface area contributed by atoms with Gasteiger partial charge in [0.25, 0.3) is 0 Å². The van der Waals surface area contributed by atoms with Crippen LogP contribution in [0.1, 0.15) is 12.6 Å². The summed E-state index contributed by atoms with van der Waals surface area (Å²) in [5.41, 5.74) is -0.743. The van der Waals surface area contributed by atoms with E-state index in [1.54, 1.807) is 6.92 Å². The van der Waals surface area contributed by atoms with Crippen molar-refractivity contribution < 1.29 is 17.6 Å². The molecule has 1 heterocycles. The first-order valence-electron chi connectivity index (χ1n) is 5.33. The zero-order valence-electron chi connectivity index (χ0n) is 9.48. The van der Waals surface area contributed by atoms with Crippen molar-refractivity contribution in [3.05, 3.63) is 35.8 Å². The Morgan fingerprint density at radius 1 is 1.22 bits per heavy atom. The molecule has 0 bridgehead atoms. The van der Waals surface area contributed by atoms with Gasteiger partial charge in [-0.1, -0.05) is 0 Å². The van der Waals surface area contributed by atoms with Gasteiger partial charge < -0.3 is 5.32 Å². The van der Waals surface area contributed by atoms with Crippen LogP contribution in [0.2, 0.25) is 0 Å². The fourth-order valence-corrected chi connectivity index (χ4v) is 1.68. The summed E-state index contributed by atoms with van der Waals surface area (Å²) in [6.07, 6.45) is -4.55. The van der Waals surface area contributed by atoms with Crippen LogP contribution in [0.25, 0.3) is 10.9 Å². The normalized spacial score (nSPS) is 11.8. The van der Waals surface area contributed by atoms with Gasteiger partial charge in [0, 0.05) is 23.7 Å². The third-order valence-electron chi connectivity index (χ3n) is 2.43. The summed E-state index contributed by atoms with van der Waals surface area (Å²) in [4.78, 5) is 3.45. The van der Waals surface area contributed by atoms with Crippen molar-refractivity contribution in [3.8, 4) is 0 Å². The first-order valence-corrected chi connectivity index (χ1v) is 5.33. The third kappa shape index (κ3) is 2.37. The summed E-state index contributed by atoms with van der Waals surface area (Å²) >= 11 is 0. The SMILES string of the molecule is CCNc1cc(C(F)(F)F)nc2cc(F)ccc12. The van der Waals surface area contributed by atoms with E-state index in [2.05, 4.69) is 10.3 Å². The molecule has 96 valence electrons. The number of hydrogen-bond acceptors (Lipinski definition) is 2. The summed E-state index contributed by atoms with van der Waals surface area (Å²) in [7, 11) is 0. The van der Waals surface area contributed by atoms with Gasteiger partial charge in [0.2, 0.25) is 0 Å². The van der Waals surface area contributed by atoms with Crippen molar-refractivity contribution in [3.63, 3.8) is 0 Å². The largest absolute Gasteiger partial charge is 0.433 e. The average molecular weight is 258 g/mol. The topological polar surface area (TPSA) is 24.9 Å². The van der Waals surface area contributed by atoms with Gasteiger partial charge in [0.15, 0.2) is 0 Å². The third-order valence-corrected chi connectivity index (χ3v) is 2.43. The molecule has 0 spiro atoms. The second kappa shape index (κ2) is 4.44. The van der Waals surface area contributed by atoms with E-state index in [1.807, 2.05) is 0 Å². The lowest BCUT2D eigenvalue weighted by atomic mass is 10.1. The second-order valence-corrected chi connectivity index (χ2v) is 3.74. The molecule has 1 aromatic heterocycles. The van der Waals surface area contributed by atoms with Crippen molar-refractivity contribution >= 4 is 16.6 Å². The molecule has 0 aliphatic rings. The molecule has 0 aliphatic heterocycles. The number of benzene rings is 1. The summed E-state index contributed by atoms with van der Waals surface area (Å²) in [6, 6.07) is 4.53. The number of aromatic nitrogens is 1. The van der Waals surface area contributed by atoms with Crippen LogP contribution < -0.4 is 5.32 Å². The smallest absolute Gasteiger partial charge is 0.385 e. The maximum Gasteiger partial charge on any atom is 0.433 e. The van der Waals surface area contributed by atoms with Crippen molar-refractivity contribution in [2.75, 3.05) is 11.9 Å². The van der Waals surface area contributed by atoms with Crippen molar-refractivity contribution in [2.24, 2.45) is 0 Å². The van der Waals surface area contributed by atoms with Crippen LogP contribution in [-0.2, 0) is 6.18 Å². The zero-order chi connectivity index (χ0) is 13.3. The molecule has 0 saturated heterocycles. The number of fused-ring (bicyclic) bond motifs is 1. The van der Waals surface area contributed by atoms with Crippen LogP contribution in [0.15, 0.2) is 24.3 Å². The summed E-state index contributed by atoms with van der Waals surface area (Å²) in [6.45, 7) is 2.23. The molecule has 0 unspecified atom stereocenters. The molecular formula is C12H10F4N2. The molecule has 0 radical (unpaired) electrons. The Kier molecular flexibility index (Phi) is 3.11. The van der Waals surface area contributed by atoms with Crippen LogP contribution in [0.5, 0.6) is 0 Å². The van der Waals surface area contributed by atoms with Gasteiger partial charge in [0.1, 0.15) is 11.5 Å². The first kappa shape index (κ1) is 12.6. The summed E-state index contributed by atoms with van der Waals surface area (Å²) < 4.78 is 51.0. The highest BCUT2D eigenvalue weighted by atomic mass is 19.4. The summed E-state index contributed by atoms with van der Waals surface area (Å²) in [5.74, 6) is -0.614. The highest BCUT2D eigenvalue weighted by molar-refractivity contribution is 5.91. The van der Waals surface area contributed by atoms with Gasteiger partial charge >= 0.3 is 6.18 Å². The second-order valence-electron chi connectivity index (χ2n) is 3.74. The Morgan fingerprint density at radius 2 is 1.94 bits per heavy atom. The molecule has 2 rings (SSSR count). The Balaban J connectivity index is 2.70. The predicted molar refractivity (Wildman–Crippen MR) is 60.9 cm³/mol. The number of nitrogens with one attached hydrogen (secondary N) is 1. The van der Waals surface area contributed by atoms with Crippen LogP contribution in [-0.4, -0.2) is 11.5 Å². The number of pyridine rings is 1. The molecule has 2 nitrogen and oxygen atoms in total. The molecular weight excluding hydrogens is 248 g/mol. The highest BCUT2D eigenvalue weighted by Crippen LogP contribution is 2.33. The van der Waals surface area contributed by atoms with Gasteiger partial charge in [-0.15, -0.1) is 0 Å². The summed E-state index contributed by atoms with van der Waals surface area (Å²) in [5, 5.41) is 3.28. The first-order chi connectivity index (χ1) is 8.41. The Bertz CT molecular complexity index is 578. The van der Waals surface area contributed by atoms with E-state index >= 15 is 0 Å². The lowest BCUT2D eigenvalue weighted by Gasteiger charge is -2.12. The minimum atomic E-state index is -4.55. The van der Waals surface area contributed by atoms with Crippen molar-refractivity contribution in [1.82, 2.24) is 4.98 Å². The van der Waals surface area contributed by atoms with E-state index < -0.39 is 17.7 Å². The van der Waals surface area contributed by atoms with Gasteiger partial charge in [0.05, 0.1) is 5.52 Å². The molecule has 2 aromatic rings. The molecule has 1 aromatic carbocycles. The van der Waals surface area contributed by atoms with E-state index in [9.17, 15) is 17.6 Å². The molecule has 18 heavy (non-hydrogen) atoms. The molecule has 0 amide bonds. The molecule has 0 fully saturated rings. The maximum absolute atomic E-state index is 13.0. The van der Waals surface area contributed by atoms with Crippen LogP contribution in [0.4, 0.5) is 23.2 Å². The molecule has 0 saturated carbocycles. The van der Waals surface area contributed by atoms with E-state index in [-0.39, 0.29) is 5.52 Å². The van der Waals surface area contributed by atoms with Gasteiger partial charge in [-0.2, -0.15) is 13.2 Å². The quantitative estimate of drug-likeness (QED) is 0.828. The van der Waals surface area contributed by atoms with Crippen molar-refractivity contribution in [2.45, 2.75) is 13.1 Å². The van der Waals surface area contributed by atoms with Gasteiger partial charge in [-0.3, -0.25) is 0 Å². The average Bonchev–Trinajstić information content (AvgIpc) is 2.27. The Morgan fingerprint density at radius 3 is 2.56 bits per heavy atom. The van der Waals surface area contributed by atoms with Crippen LogP contribution in [0.3, 0.4) is 0 Å². The standard InChI is InChI=1S/C12H10F4N2/c1-2-17-9-6-11(12(14,15)16)18-10-5-7(13)3-4-8(9)10/h3-6H,2H2,1H3,(H,17,18). The molecule has 0 aliphatic carbocycles. The fraction of sp³-hybridized carbons (Fsp3) is 0.250. The number of alkyl halides is 3. The zero-order valence-corrected chi connectivity index (χ0v) is 9.48. The Hall–Kier alpha value is -1.85. The number of halogens is 4. The lowest BCUT2D eigenvalue weighted by Crippen LogP contribution is -2.10. The van der Waals surface area contributed by atoms with Crippen LogP contribution >= 0.6 is 0 Å². The molecule has 1 N–H and O–H groups in total. The predicted octanol–water partition coefficient (Wildman–Crippen LogP) is 3.82. The van der Waals surface area contributed by atoms with Gasteiger partial charge in [-0.25, -0.2) is 9.37 Å². The van der Waals surface area contributed by atoms with E-state index in [0.717, 1.165) is 12.1 Å². The lowest BCUT2D eigenvalue weighted by molar-refractivity contribution is -0.140. The minimum absolute atomic E-state index is 0.0132. The van der Waals surface area contributed by atoms with E-state index in [4.69, 9.17) is 0 Å². The van der Waals surface area contributed by atoms with E-state index in [1.165, 1.54) is 12.1 Å². The molecule has 6 heteroatoms. The Labute approximate surface area is 101 Å². The number of anilines is 1. The number of hydrogen-bond donors (Lipinski definition) is 1. The van der Waals surface area contributed by atoms with Gasteiger partial charge in [-0.05, 0) is 25.1 Å². The number of rotatable bonds is 2. The van der Waals surface area contributed by atoms with Crippen molar-refractivity contribution in [1.29, 1.82) is 0 Å². The van der Waals surface area contributed by atoms with E-state index in [0.29, 0.717) is 17.6 Å².